The maximum Gasteiger partial charge on any atom is 0.351 e. The quantitative estimate of drug-likeness (QED) is 0.481. The first kappa shape index (κ1) is 6.33. The van der Waals surface area contributed by atoms with Crippen LogP contribution in [-0.2, 0) is 0 Å². The van der Waals surface area contributed by atoms with Crippen LogP contribution in [0.15, 0.2) is 0 Å². The summed E-state index contributed by atoms with van der Waals surface area (Å²) in [5.74, 6) is -0.343. The minimum Gasteiger partial charge on any atom is -0.298 e. The second-order valence-electron chi connectivity index (χ2n) is 2.28. The molecule has 1 radical (unpaired) electrons. The Morgan fingerprint density at radius 3 is 1.89 bits per heavy atom. The molecule has 0 bridgehead atoms. The van der Waals surface area contributed by atoms with Gasteiger partial charge in [-0.1, -0.05) is 0 Å². The molecular formula is C5H7BNO2. The van der Waals surface area contributed by atoms with Gasteiger partial charge in [0.15, 0.2) is 11.6 Å². The molecule has 3 nitrogen and oxygen atoms in total. The number of imide groups is 1. The van der Waals surface area contributed by atoms with E-state index in [2.05, 4.69) is 0 Å². The van der Waals surface area contributed by atoms with Gasteiger partial charge in [0.1, 0.15) is 0 Å². The van der Waals surface area contributed by atoms with Gasteiger partial charge in [0.25, 0.3) is 0 Å². The summed E-state index contributed by atoms with van der Waals surface area (Å²) in [6.07, 6.45) is 0. The third-order valence-corrected chi connectivity index (χ3v) is 1.24. The maximum atomic E-state index is 10.5. The lowest BCUT2D eigenvalue weighted by molar-refractivity contribution is 0.194. The van der Waals surface area contributed by atoms with Crippen LogP contribution in [0.4, 0.5) is 9.59 Å². The normalized spacial score (nSPS) is 17.9. The van der Waals surface area contributed by atoms with Crippen LogP contribution in [0.25, 0.3) is 0 Å². The molecule has 0 aromatic rings. The van der Waals surface area contributed by atoms with Crippen LogP contribution in [0.2, 0.25) is 0 Å². The zero-order valence-corrected chi connectivity index (χ0v) is 5.42. The van der Waals surface area contributed by atoms with E-state index in [0.29, 0.717) is 0 Å². The van der Waals surface area contributed by atoms with Crippen molar-refractivity contribution >= 4 is 18.9 Å². The highest BCUT2D eigenvalue weighted by Crippen LogP contribution is 2.09. The summed E-state index contributed by atoms with van der Waals surface area (Å²) in [7, 11) is 1.10. The first-order valence-corrected chi connectivity index (χ1v) is 2.85. The van der Waals surface area contributed by atoms with Crippen molar-refractivity contribution in [2.24, 2.45) is 0 Å². The number of hydrogen-bond donors (Lipinski definition) is 0. The van der Waals surface area contributed by atoms with Gasteiger partial charge in [-0.05, 0) is 13.8 Å². The summed E-state index contributed by atoms with van der Waals surface area (Å²) in [6.45, 7) is 3.62. The summed E-state index contributed by atoms with van der Waals surface area (Å²) in [5, 5.41) is 0. The topological polar surface area (TPSA) is 37.4 Å². The van der Waals surface area contributed by atoms with E-state index in [-0.39, 0.29) is 17.7 Å². The van der Waals surface area contributed by atoms with Crippen LogP contribution in [-0.4, -0.2) is 29.8 Å². The van der Waals surface area contributed by atoms with E-state index < -0.39 is 0 Å². The summed E-state index contributed by atoms with van der Waals surface area (Å²) in [6, 6.07) is 0.00926. The van der Waals surface area contributed by atoms with Gasteiger partial charge in [-0.15, -0.1) is 0 Å². The Bertz CT molecular complexity index is 152. The Hall–Kier alpha value is -0.795. The van der Waals surface area contributed by atoms with Crippen LogP contribution < -0.4 is 0 Å². The standard InChI is InChI=1S/C5H7BNO2/c1-3(2)7-4(8)6-5(7)9/h3H,1-2H3. The predicted octanol–water partition coefficient (Wildman–Crippen LogP) is 0.655. The van der Waals surface area contributed by atoms with Crippen LogP contribution in [0, 0.1) is 0 Å². The fraction of sp³-hybridized carbons (Fsp3) is 0.600. The fourth-order valence-corrected chi connectivity index (χ4v) is 0.796. The first-order valence-electron chi connectivity index (χ1n) is 2.85. The number of hydrogen-bond acceptors (Lipinski definition) is 2. The fourth-order valence-electron chi connectivity index (χ4n) is 0.796. The Labute approximate surface area is 54.3 Å². The van der Waals surface area contributed by atoms with Gasteiger partial charge in [-0.2, -0.15) is 0 Å². The monoisotopic (exact) mass is 124 g/mol. The van der Waals surface area contributed by atoms with Crippen molar-refractivity contribution in [3.8, 4) is 0 Å². The van der Waals surface area contributed by atoms with Crippen molar-refractivity contribution in [3.05, 3.63) is 0 Å². The lowest BCUT2D eigenvalue weighted by atomic mass is 9.66. The van der Waals surface area contributed by atoms with Gasteiger partial charge in [0, 0.05) is 6.04 Å². The number of carbonyl (C=O) groups excluding carboxylic acids is 2. The van der Waals surface area contributed by atoms with Crippen LogP contribution in [0.3, 0.4) is 0 Å². The molecule has 0 aliphatic carbocycles. The number of amides is 2. The third-order valence-electron chi connectivity index (χ3n) is 1.24. The minimum absolute atomic E-state index is 0.00926. The highest BCUT2D eigenvalue weighted by Gasteiger charge is 2.37. The van der Waals surface area contributed by atoms with Crippen LogP contribution >= 0.6 is 0 Å². The number of carbonyl (C=O) groups is 2. The lowest BCUT2D eigenvalue weighted by Gasteiger charge is -2.31. The molecule has 0 atom stereocenters. The molecule has 0 unspecified atom stereocenters. The molecule has 47 valence electrons. The van der Waals surface area contributed by atoms with Crippen molar-refractivity contribution in [1.82, 2.24) is 4.90 Å². The smallest absolute Gasteiger partial charge is 0.298 e. The highest BCUT2D eigenvalue weighted by molar-refractivity contribution is 7.04. The minimum atomic E-state index is -0.171. The molecule has 1 fully saturated rings. The van der Waals surface area contributed by atoms with Crippen molar-refractivity contribution in [2.45, 2.75) is 19.9 Å². The van der Waals surface area contributed by atoms with E-state index in [1.807, 2.05) is 13.8 Å². The second-order valence-corrected chi connectivity index (χ2v) is 2.28. The summed E-state index contributed by atoms with van der Waals surface area (Å²) < 4.78 is 0. The van der Waals surface area contributed by atoms with Crippen LogP contribution in [0.5, 0.6) is 0 Å². The average molecular weight is 124 g/mol. The van der Waals surface area contributed by atoms with Crippen molar-refractivity contribution in [3.63, 3.8) is 0 Å². The zero-order valence-electron chi connectivity index (χ0n) is 5.42. The zero-order chi connectivity index (χ0) is 7.02. The van der Waals surface area contributed by atoms with E-state index in [0.717, 1.165) is 7.28 Å². The first-order chi connectivity index (χ1) is 4.13. The molecule has 0 aromatic carbocycles. The molecule has 1 heterocycles. The molecule has 0 spiro atoms. The number of nitrogens with zero attached hydrogens (tertiary/aromatic N) is 1. The molecule has 0 N–H and O–H groups in total. The SMILES string of the molecule is CC(C)N1C(=O)[B]C1=O. The molecule has 0 aromatic heterocycles. The van der Waals surface area contributed by atoms with E-state index >= 15 is 0 Å². The Kier molecular flexibility index (Phi) is 1.31. The van der Waals surface area contributed by atoms with E-state index in [9.17, 15) is 9.59 Å². The Morgan fingerprint density at radius 1 is 1.33 bits per heavy atom. The summed E-state index contributed by atoms with van der Waals surface area (Å²) >= 11 is 0. The van der Waals surface area contributed by atoms with E-state index in [4.69, 9.17) is 0 Å². The average Bonchev–Trinajstić information content (AvgIpc) is 1.62. The number of rotatable bonds is 1. The maximum absolute atomic E-state index is 10.5. The molecule has 1 rings (SSSR count). The third kappa shape index (κ3) is 0.844. The Morgan fingerprint density at radius 2 is 1.78 bits per heavy atom. The lowest BCUT2D eigenvalue weighted by Crippen LogP contribution is -2.57. The summed E-state index contributed by atoms with van der Waals surface area (Å²) in [4.78, 5) is 22.3. The van der Waals surface area contributed by atoms with Crippen molar-refractivity contribution < 1.29 is 9.59 Å². The molecule has 1 saturated heterocycles. The molecule has 1 aliphatic heterocycles. The molecule has 4 heteroatoms. The highest BCUT2D eigenvalue weighted by atomic mass is 16.2. The Balaban J connectivity index is 2.59. The van der Waals surface area contributed by atoms with Gasteiger partial charge in [0.2, 0.25) is 0 Å². The van der Waals surface area contributed by atoms with Gasteiger partial charge in [0.05, 0.1) is 0 Å². The van der Waals surface area contributed by atoms with Gasteiger partial charge >= 0.3 is 7.28 Å². The molecule has 1 aliphatic rings. The molecular weight excluding hydrogens is 117 g/mol. The summed E-state index contributed by atoms with van der Waals surface area (Å²) in [5.41, 5.74) is 0. The van der Waals surface area contributed by atoms with Gasteiger partial charge in [-0.25, -0.2) is 0 Å². The van der Waals surface area contributed by atoms with Gasteiger partial charge < -0.3 is 0 Å². The molecule has 0 saturated carbocycles. The molecule has 2 amide bonds. The van der Waals surface area contributed by atoms with Crippen LogP contribution in [0.1, 0.15) is 13.8 Å². The van der Waals surface area contributed by atoms with E-state index in [1.54, 1.807) is 0 Å². The van der Waals surface area contributed by atoms with Gasteiger partial charge in [-0.3, -0.25) is 14.5 Å². The van der Waals surface area contributed by atoms with Crippen molar-refractivity contribution in [2.75, 3.05) is 0 Å². The van der Waals surface area contributed by atoms with Crippen molar-refractivity contribution in [1.29, 1.82) is 0 Å². The largest absolute Gasteiger partial charge is 0.351 e. The molecule has 9 heavy (non-hydrogen) atoms. The van der Waals surface area contributed by atoms with E-state index in [1.165, 1.54) is 4.90 Å². The second kappa shape index (κ2) is 1.86. The predicted molar refractivity (Wildman–Crippen MR) is 33.5 cm³/mol.